The molecule has 19 atom stereocenters. The molecule has 11 nitrogen and oxygen atoms in total. The first kappa shape index (κ1) is 50.7. The summed E-state index contributed by atoms with van der Waals surface area (Å²) in [5, 5.41) is 34.2. The third-order valence-electron chi connectivity index (χ3n) is 24.2. The molecule has 0 aromatic rings. The molecule has 0 aromatic heterocycles. The number of hydrogen-bond acceptors (Lipinski definition) is 10. The van der Waals surface area contributed by atoms with Crippen molar-refractivity contribution in [2.75, 3.05) is 6.61 Å². The van der Waals surface area contributed by atoms with Crippen LogP contribution in [0, 0.1) is 79.8 Å². The van der Waals surface area contributed by atoms with E-state index in [1.165, 1.54) is 35.1 Å². The molecule has 0 aromatic carbocycles. The molecule has 12 heteroatoms. The molecule has 4 saturated carbocycles. The van der Waals surface area contributed by atoms with Gasteiger partial charge in [-0.25, -0.2) is 4.18 Å². The number of carbonyl (C=O) groups excluding carboxylic acids is 1. The van der Waals surface area contributed by atoms with E-state index in [9.17, 15) is 33.1 Å². The van der Waals surface area contributed by atoms with Gasteiger partial charge in [-0.05, 0) is 181 Å². The quantitative estimate of drug-likeness (QED) is 0.135. The van der Waals surface area contributed by atoms with Crippen LogP contribution in [-0.4, -0.2) is 88.2 Å². The fraction of sp³-hybridized carbons (Fsp3) is 0.879. The maximum Gasteiger partial charge on any atom is 0.397 e. The number of rotatable bonds is 8. The first-order valence-electron chi connectivity index (χ1n) is 27.8. The van der Waals surface area contributed by atoms with E-state index in [4.69, 9.17) is 18.4 Å². The topological polar surface area (TPSA) is 169 Å². The Kier molecular flexibility index (Phi) is 11.4. The summed E-state index contributed by atoms with van der Waals surface area (Å²) < 4.78 is 61.6. The number of fused-ring (bicyclic) bond motifs is 10. The van der Waals surface area contributed by atoms with E-state index in [0.29, 0.717) is 49.0 Å². The first-order chi connectivity index (χ1) is 32.4. The van der Waals surface area contributed by atoms with E-state index in [2.05, 4.69) is 75.3 Å². The third-order valence-corrected chi connectivity index (χ3v) is 24.7. The van der Waals surface area contributed by atoms with E-state index in [1.54, 1.807) is 19.4 Å². The molecule has 0 radical (unpaired) electrons. The second kappa shape index (κ2) is 15.8. The Morgan fingerprint density at radius 1 is 0.843 bits per heavy atom. The van der Waals surface area contributed by atoms with Crippen LogP contribution in [0.25, 0.3) is 0 Å². The fourth-order valence-electron chi connectivity index (χ4n) is 21.0. The minimum Gasteiger partial charge on any atom is -0.387 e. The monoisotopic (exact) mass is 993 g/mol. The highest BCUT2D eigenvalue weighted by Gasteiger charge is 2.70. The van der Waals surface area contributed by atoms with Gasteiger partial charge in [0.05, 0.1) is 36.1 Å². The molecule has 8 fully saturated rings. The van der Waals surface area contributed by atoms with Crippen molar-refractivity contribution < 1.29 is 51.5 Å². The van der Waals surface area contributed by atoms with Crippen LogP contribution in [0.1, 0.15) is 186 Å². The molecule has 4 aliphatic heterocycles. The largest absolute Gasteiger partial charge is 0.397 e. The molecule has 12 aliphatic rings. The van der Waals surface area contributed by atoms with E-state index in [1.807, 2.05) is 0 Å². The molecule has 0 unspecified atom stereocenters. The van der Waals surface area contributed by atoms with Crippen LogP contribution in [-0.2, 0) is 33.6 Å². The molecule has 8 aliphatic carbocycles. The Hall–Kier alpha value is -1.48. The summed E-state index contributed by atoms with van der Waals surface area (Å²) in [7, 11) is -4.81. The van der Waals surface area contributed by atoms with Crippen LogP contribution in [0.15, 0.2) is 33.9 Å². The second-order valence-electron chi connectivity index (χ2n) is 28.4. The Morgan fingerprint density at radius 2 is 1.49 bits per heavy atom. The third kappa shape index (κ3) is 6.83. The average molecular weight is 993 g/mol. The van der Waals surface area contributed by atoms with Crippen molar-refractivity contribution in [3.05, 3.63) is 33.9 Å². The molecule has 0 amide bonds. The van der Waals surface area contributed by atoms with Crippen LogP contribution in [0.2, 0.25) is 0 Å². The van der Waals surface area contributed by atoms with E-state index < -0.39 is 56.7 Å². The van der Waals surface area contributed by atoms with Crippen molar-refractivity contribution in [2.24, 2.45) is 79.8 Å². The highest BCUT2D eigenvalue weighted by Crippen LogP contribution is 2.72. The zero-order valence-corrected chi connectivity index (χ0v) is 45.5. The predicted molar refractivity (Wildman–Crippen MR) is 266 cm³/mol. The summed E-state index contributed by atoms with van der Waals surface area (Å²) in [5.41, 5.74) is 3.76. The van der Waals surface area contributed by atoms with Gasteiger partial charge in [-0.1, -0.05) is 96.3 Å². The summed E-state index contributed by atoms with van der Waals surface area (Å²) in [4.78, 5) is 13.5. The van der Waals surface area contributed by atoms with Crippen LogP contribution in [0.5, 0.6) is 0 Å². The Balaban J connectivity index is 0.823. The zero-order chi connectivity index (χ0) is 50.5. The lowest BCUT2D eigenvalue weighted by Crippen LogP contribution is -2.70. The number of carbonyl (C=O) groups is 1. The van der Waals surface area contributed by atoms with Crippen molar-refractivity contribution in [2.45, 2.75) is 233 Å². The normalized spacial score (nSPS) is 50.5. The lowest BCUT2D eigenvalue weighted by atomic mass is 9.45. The van der Waals surface area contributed by atoms with Gasteiger partial charge in [0.2, 0.25) is 5.79 Å². The molecular formula is C58H88O11S. The van der Waals surface area contributed by atoms with Gasteiger partial charge < -0.3 is 29.5 Å². The molecule has 4 saturated heterocycles. The number of ketones is 1. The summed E-state index contributed by atoms with van der Waals surface area (Å²) in [5.74, 6) is 0.535. The molecule has 4 N–H and O–H groups in total. The number of hydrogen-bond donors (Lipinski definition) is 4. The highest BCUT2D eigenvalue weighted by atomic mass is 32.3. The van der Waals surface area contributed by atoms with Crippen LogP contribution in [0.3, 0.4) is 0 Å². The summed E-state index contributed by atoms with van der Waals surface area (Å²) in [6.45, 7) is 27.2. The first-order valence-corrected chi connectivity index (χ1v) is 29.2. The lowest BCUT2D eigenvalue weighted by molar-refractivity contribution is -0.359. The maximum atomic E-state index is 13.5. The SMILES string of the molecule is C[C@@H]([C@H]1CC[C@H]2C3=C(CC[C@]12C)[C@@]1(C)C[C@H](O)C(=O)C(C)(C)[C@@H]1[C@@H](OS(=O)(=O)O)C3)[C@H]1C[C@@H]2C[C@@](C)(OC2(C)C)[C@H](CC[C@@H](C)[C@H]2CC[C@@H]3C4=C(CC[C@@]32C)[C@]23CO[C@](O)([C@@H](O)C2)C(C)(C)C3=CC4)O1. The smallest absolute Gasteiger partial charge is 0.387 e. The molecule has 4 heterocycles. The average Bonchev–Trinajstić information content (AvgIpc) is 3.83. The van der Waals surface area contributed by atoms with E-state index >= 15 is 0 Å². The van der Waals surface area contributed by atoms with E-state index in [-0.39, 0.29) is 63.7 Å². The van der Waals surface area contributed by atoms with Gasteiger partial charge >= 0.3 is 10.4 Å². The zero-order valence-electron chi connectivity index (χ0n) is 44.7. The Bertz CT molecular complexity index is 2420. The van der Waals surface area contributed by atoms with Gasteiger partial charge in [-0.2, -0.15) is 8.42 Å². The van der Waals surface area contributed by atoms with Gasteiger partial charge in [0.15, 0.2) is 5.78 Å². The predicted octanol–water partition coefficient (Wildman–Crippen LogP) is 10.4. The van der Waals surface area contributed by atoms with Crippen LogP contribution < -0.4 is 0 Å². The number of aliphatic hydroxyl groups is 3. The molecule has 70 heavy (non-hydrogen) atoms. The molecule has 392 valence electrons. The fourth-order valence-corrected chi connectivity index (χ4v) is 21.5. The molecule has 1 spiro atoms. The van der Waals surface area contributed by atoms with Crippen molar-refractivity contribution >= 4 is 16.2 Å². The number of ether oxygens (including phenoxy) is 3. The van der Waals surface area contributed by atoms with Crippen molar-refractivity contribution in [1.82, 2.24) is 0 Å². The number of aliphatic hydroxyl groups excluding tert-OH is 2. The summed E-state index contributed by atoms with van der Waals surface area (Å²) in [6, 6.07) is 0. The van der Waals surface area contributed by atoms with Crippen molar-refractivity contribution in [3.63, 3.8) is 0 Å². The van der Waals surface area contributed by atoms with Crippen molar-refractivity contribution in [3.8, 4) is 0 Å². The summed E-state index contributed by atoms with van der Waals surface area (Å²) >= 11 is 0. The standard InChI is InChI=1S/C58H88O11S/c1-31(36-15-17-38-34-14-19-45-51(5,6)58(62)46(60)29-57(45,30-66-58)41(34)22-24-53(36,38)9)13-20-47-56(12)27-33(52(7,8)69-56)25-43(67-47)32(2)37-16-18-39-35-26-44(68-70(63,64)65)48-50(3,4)49(61)42(59)28-55(48,11)40(35)21-23-54(37,39)10/h19,31-33,36-39,42-44,46-48,59-60,62H,13-18,20-30H2,1-12H3,(H,63,64,65)/t31-,32+,33-,36-,37-,38-,39+,42+,43-,44+,46+,47+,48+,53-,54-,55-,56-,57-,58-/m1/s1. The van der Waals surface area contributed by atoms with Crippen LogP contribution >= 0.6 is 0 Å². The van der Waals surface area contributed by atoms with Gasteiger partial charge in [0.25, 0.3) is 0 Å². The molecular weight excluding hydrogens is 905 g/mol. The number of allylic oxidation sites excluding steroid dienone is 3. The minimum absolute atomic E-state index is 0.0325. The van der Waals surface area contributed by atoms with Gasteiger partial charge in [0, 0.05) is 22.2 Å². The minimum atomic E-state index is -4.81. The molecule has 4 bridgehead atoms. The highest BCUT2D eigenvalue weighted by molar-refractivity contribution is 7.80. The van der Waals surface area contributed by atoms with Gasteiger partial charge in [0.1, 0.15) is 12.2 Å². The van der Waals surface area contributed by atoms with Crippen molar-refractivity contribution in [1.29, 1.82) is 0 Å². The Labute approximate surface area is 419 Å². The van der Waals surface area contributed by atoms with Gasteiger partial charge in [-0.15, -0.1) is 0 Å². The number of Topliss-reactive ketones (excluding diaryl/α,β-unsaturated/α-hetero) is 1. The van der Waals surface area contributed by atoms with E-state index in [0.717, 1.165) is 70.6 Å². The lowest BCUT2D eigenvalue weighted by Gasteiger charge is -2.65. The maximum absolute atomic E-state index is 13.5. The van der Waals surface area contributed by atoms with Crippen LogP contribution in [0.4, 0.5) is 0 Å². The van der Waals surface area contributed by atoms with Gasteiger partial charge in [-0.3, -0.25) is 9.35 Å². The summed E-state index contributed by atoms with van der Waals surface area (Å²) in [6.07, 6.45) is 14.0. The second-order valence-corrected chi connectivity index (χ2v) is 29.5. The Morgan fingerprint density at radius 3 is 2.16 bits per heavy atom. The molecule has 12 rings (SSSR count).